The molecule has 0 amide bonds. The molecular formula is C9H20N2. The summed E-state index contributed by atoms with van der Waals surface area (Å²) in [5.41, 5.74) is 0. The maximum Gasteiger partial charge on any atom is 0.0458 e. The number of hydrogen-bond acceptors (Lipinski definition) is 2. The lowest BCUT2D eigenvalue weighted by Gasteiger charge is -2.10. The zero-order valence-electron chi connectivity index (χ0n) is 7.85. The van der Waals surface area contributed by atoms with Crippen molar-refractivity contribution in [2.75, 3.05) is 13.2 Å². The van der Waals surface area contributed by atoms with Crippen molar-refractivity contribution in [3.8, 4) is 0 Å². The molecule has 0 aliphatic carbocycles. The van der Waals surface area contributed by atoms with Crippen molar-refractivity contribution in [2.24, 2.45) is 0 Å². The summed E-state index contributed by atoms with van der Waals surface area (Å²) < 4.78 is 0. The first-order valence-electron chi connectivity index (χ1n) is 4.36. The van der Waals surface area contributed by atoms with Crippen molar-refractivity contribution in [1.82, 2.24) is 10.6 Å². The van der Waals surface area contributed by atoms with Crippen LogP contribution in [0, 0.1) is 0 Å². The lowest BCUT2D eigenvalue weighted by Crippen LogP contribution is -2.34. The van der Waals surface area contributed by atoms with Crippen LogP contribution in [0.1, 0.15) is 27.2 Å². The minimum absolute atomic E-state index is 0.619. The van der Waals surface area contributed by atoms with Crippen LogP contribution in [0.3, 0.4) is 0 Å². The van der Waals surface area contributed by atoms with Gasteiger partial charge in [-0.2, -0.15) is 0 Å². The third-order valence-electron chi connectivity index (χ3n) is 1.69. The van der Waals surface area contributed by atoms with Gasteiger partial charge in [0.05, 0.1) is 0 Å². The highest BCUT2D eigenvalue weighted by Crippen LogP contribution is 1.84. The maximum absolute atomic E-state index is 3.35. The normalized spacial score (nSPS) is 14.1. The fourth-order valence-corrected chi connectivity index (χ4v) is 0.664. The SMILES string of the molecule is C/C=C\CNCNC(C)CC. The second kappa shape index (κ2) is 7.76. The molecule has 66 valence electrons. The van der Waals surface area contributed by atoms with Crippen LogP contribution in [-0.2, 0) is 0 Å². The second-order valence-electron chi connectivity index (χ2n) is 2.71. The van der Waals surface area contributed by atoms with Gasteiger partial charge in [0, 0.05) is 19.3 Å². The molecule has 0 fully saturated rings. The van der Waals surface area contributed by atoms with Crippen LogP contribution in [0.2, 0.25) is 0 Å². The number of hydrogen-bond donors (Lipinski definition) is 2. The van der Waals surface area contributed by atoms with Crippen molar-refractivity contribution in [1.29, 1.82) is 0 Å². The molecule has 0 radical (unpaired) electrons. The molecule has 0 spiro atoms. The van der Waals surface area contributed by atoms with E-state index in [1.165, 1.54) is 6.42 Å². The fourth-order valence-electron chi connectivity index (χ4n) is 0.664. The highest BCUT2D eigenvalue weighted by Gasteiger charge is 1.93. The Balaban J connectivity index is 3.01. The molecule has 0 bridgehead atoms. The first-order chi connectivity index (χ1) is 5.31. The van der Waals surface area contributed by atoms with Crippen LogP contribution in [0.25, 0.3) is 0 Å². The van der Waals surface area contributed by atoms with Crippen molar-refractivity contribution in [3.63, 3.8) is 0 Å². The zero-order valence-corrected chi connectivity index (χ0v) is 7.85. The van der Waals surface area contributed by atoms with Crippen LogP contribution >= 0.6 is 0 Å². The topological polar surface area (TPSA) is 24.1 Å². The van der Waals surface area contributed by atoms with Crippen molar-refractivity contribution < 1.29 is 0 Å². The van der Waals surface area contributed by atoms with Crippen molar-refractivity contribution in [2.45, 2.75) is 33.2 Å². The number of nitrogens with one attached hydrogen (secondary N) is 2. The first kappa shape index (κ1) is 10.7. The zero-order chi connectivity index (χ0) is 8.53. The summed E-state index contributed by atoms with van der Waals surface area (Å²) in [5.74, 6) is 0. The molecule has 0 aliphatic heterocycles. The predicted octanol–water partition coefficient (Wildman–Crippen LogP) is 1.50. The van der Waals surface area contributed by atoms with Crippen LogP contribution < -0.4 is 10.6 Å². The highest BCUT2D eigenvalue weighted by molar-refractivity contribution is 4.78. The molecule has 0 aliphatic rings. The Morgan fingerprint density at radius 2 is 2.18 bits per heavy atom. The molecule has 0 aromatic rings. The molecule has 2 N–H and O–H groups in total. The van der Waals surface area contributed by atoms with Gasteiger partial charge in [-0.3, -0.25) is 0 Å². The summed E-state index contributed by atoms with van der Waals surface area (Å²) in [5, 5.41) is 6.60. The van der Waals surface area contributed by atoms with Gasteiger partial charge in [0.1, 0.15) is 0 Å². The summed E-state index contributed by atoms with van der Waals surface area (Å²) in [4.78, 5) is 0. The Bertz CT molecular complexity index is 99.7. The molecule has 0 aromatic heterocycles. The average Bonchev–Trinajstić information content (AvgIpc) is 2.04. The first-order valence-corrected chi connectivity index (χ1v) is 4.36. The highest BCUT2D eigenvalue weighted by atomic mass is 15.1. The van der Waals surface area contributed by atoms with Gasteiger partial charge in [-0.25, -0.2) is 0 Å². The lowest BCUT2D eigenvalue weighted by atomic mass is 10.3. The smallest absolute Gasteiger partial charge is 0.0458 e. The van der Waals surface area contributed by atoms with E-state index >= 15 is 0 Å². The minimum Gasteiger partial charge on any atom is -0.302 e. The molecule has 11 heavy (non-hydrogen) atoms. The summed E-state index contributed by atoms with van der Waals surface area (Å²) in [6.07, 6.45) is 5.35. The predicted molar refractivity (Wildman–Crippen MR) is 50.6 cm³/mol. The number of rotatable bonds is 6. The fraction of sp³-hybridized carbons (Fsp3) is 0.778. The summed E-state index contributed by atoms with van der Waals surface area (Å²) in [6, 6.07) is 0.619. The quantitative estimate of drug-likeness (QED) is 0.346. The van der Waals surface area contributed by atoms with Crippen LogP contribution in [0.15, 0.2) is 12.2 Å². The third-order valence-corrected chi connectivity index (χ3v) is 1.69. The molecular weight excluding hydrogens is 136 g/mol. The Morgan fingerprint density at radius 1 is 1.45 bits per heavy atom. The lowest BCUT2D eigenvalue weighted by molar-refractivity contribution is 0.504. The van der Waals surface area contributed by atoms with E-state index in [-0.39, 0.29) is 0 Å². The van der Waals surface area contributed by atoms with Gasteiger partial charge in [-0.1, -0.05) is 19.1 Å². The van der Waals surface area contributed by atoms with E-state index in [4.69, 9.17) is 0 Å². The molecule has 0 heterocycles. The molecule has 0 saturated carbocycles. The minimum atomic E-state index is 0.619. The summed E-state index contributed by atoms with van der Waals surface area (Å²) in [7, 11) is 0. The molecule has 0 aromatic carbocycles. The van der Waals surface area contributed by atoms with Gasteiger partial charge in [0.15, 0.2) is 0 Å². The van der Waals surface area contributed by atoms with E-state index in [9.17, 15) is 0 Å². The van der Waals surface area contributed by atoms with Gasteiger partial charge >= 0.3 is 0 Å². The average molecular weight is 156 g/mol. The Hall–Kier alpha value is -0.340. The summed E-state index contributed by atoms with van der Waals surface area (Å²) >= 11 is 0. The molecule has 0 saturated heterocycles. The molecule has 2 nitrogen and oxygen atoms in total. The van der Waals surface area contributed by atoms with E-state index in [1.807, 2.05) is 6.92 Å². The van der Waals surface area contributed by atoms with Crippen molar-refractivity contribution in [3.05, 3.63) is 12.2 Å². The summed E-state index contributed by atoms with van der Waals surface area (Å²) in [6.45, 7) is 8.27. The maximum atomic E-state index is 3.35. The number of allylic oxidation sites excluding steroid dienone is 1. The molecule has 0 rings (SSSR count). The molecule has 1 unspecified atom stereocenters. The van der Waals surface area contributed by atoms with Gasteiger partial charge in [0.25, 0.3) is 0 Å². The second-order valence-corrected chi connectivity index (χ2v) is 2.71. The van der Waals surface area contributed by atoms with E-state index in [0.29, 0.717) is 6.04 Å². The third kappa shape index (κ3) is 7.56. The van der Waals surface area contributed by atoms with E-state index in [0.717, 1.165) is 13.2 Å². The van der Waals surface area contributed by atoms with Crippen LogP contribution in [-0.4, -0.2) is 19.3 Å². The van der Waals surface area contributed by atoms with Gasteiger partial charge < -0.3 is 10.6 Å². The molecule has 2 heteroatoms. The standard InChI is InChI=1S/C9H20N2/c1-4-6-7-10-8-11-9(3)5-2/h4,6,9-11H,5,7-8H2,1-3H3/b6-4-. The van der Waals surface area contributed by atoms with E-state index < -0.39 is 0 Å². The van der Waals surface area contributed by atoms with Crippen molar-refractivity contribution >= 4 is 0 Å². The Kier molecular flexibility index (Phi) is 7.52. The van der Waals surface area contributed by atoms with E-state index in [1.54, 1.807) is 0 Å². The molecule has 1 atom stereocenters. The van der Waals surface area contributed by atoms with E-state index in [2.05, 4.69) is 36.6 Å². The van der Waals surface area contributed by atoms with Gasteiger partial charge in [-0.05, 0) is 20.3 Å². The van der Waals surface area contributed by atoms with Crippen LogP contribution in [0.5, 0.6) is 0 Å². The monoisotopic (exact) mass is 156 g/mol. The largest absolute Gasteiger partial charge is 0.302 e. The van der Waals surface area contributed by atoms with Gasteiger partial charge in [-0.15, -0.1) is 0 Å². The van der Waals surface area contributed by atoms with Gasteiger partial charge in [0.2, 0.25) is 0 Å². The Morgan fingerprint density at radius 3 is 2.73 bits per heavy atom. The van der Waals surface area contributed by atoms with Crippen LogP contribution in [0.4, 0.5) is 0 Å². The Labute approximate surface area is 70.1 Å².